The van der Waals surface area contributed by atoms with E-state index >= 15 is 0 Å². The summed E-state index contributed by atoms with van der Waals surface area (Å²) in [7, 11) is 3.38. The van der Waals surface area contributed by atoms with Crippen LogP contribution in [0.5, 0.6) is 0 Å². The molecule has 0 saturated carbocycles. The van der Waals surface area contributed by atoms with E-state index in [1.165, 1.54) is 9.58 Å². The minimum Gasteiger partial charge on any atom is -0.343 e. The van der Waals surface area contributed by atoms with Gasteiger partial charge >= 0.3 is 0 Å². The van der Waals surface area contributed by atoms with Crippen molar-refractivity contribution in [1.82, 2.24) is 14.7 Å². The van der Waals surface area contributed by atoms with Crippen LogP contribution in [0.2, 0.25) is 10.0 Å². The number of rotatable bonds is 2. The highest BCUT2D eigenvalue weighted by molar-refractivity contribution is 6.37. The fourth-order valence-corrected chi connectivity index (χ4v) is 2.32. The highest BCUT2D eigenvalue weighted by Crippen LogP contribution is 2.29. The quantitative estimate of drug-likeness (QED) is 0.854. The molecular formula is C13H13Cl2N3O. The van der Waals surface area contributed by atoms with Crippen LogP contribution >= 0.6 is 23.2 Å². The molecule has 1 aromatic heterocycles. The SMILES string of the molecule is Cc1cnn(-c2c(Cl)cccc2Cl)c1C(=O)N(C)C. The van der Waals surface area contributed by atoms with Crippen LogP contribution in [0.25, 0.3) is 5.69 Å². The van der Waals surface area contributed by atoms with Crippen molar-refractivity contribution in [1.29, 1.82) is 0 Å². The lowest BCUT2D eigenvalue weighted by Gasteiger charge is -2.14. The Hall–Kier alpha value is -1.52. The smallest absolute Gasteiger partial charge is 0.272 e. The predicted molar refractivity (Wildman–Crippen MR) is 76.3 cm³/mol. The lowest BCUT2D eigenvalue weighted by atomic mass is 10.2. The standard InChI is InChI=1S/C13H13Cl2N3O/c1-8-7-16-18(11(8)13(19)17(2)3)12-9(14)5-4-6-10(12)15/h4-7H,1-3H3. The maximum atomic E-state index is 12.2. The Labute approximate surface area is 121 Å². The van der Waals surface area contributed by atoms with Crippen LogP contribution in [0.4, 0.5) is 0 Å². The Kier molecular flexibility index (Phi) is 3.83. The van der Waals surface area contributed by atoms with Gasteiger partial charge in [-0.25, -0.2) is 4.68 Å². The first-order valence-corrected chi connectivity index (χ1v) is 6.39. The molecule has 0 aliphatic carbocycles. The van der Waals surface area contributed by atoms with E-state index in [2.05, 4.69) is 5.10 Å². The number of amides is 1. The van der Waals surface area contributed by atoms with Crippen LogP contribution in [-0.2, 0) is 0 Å². The van der Waals surface area contributed by atoms with Crippen LogP contribution in [0.15, 0.2) is 24.4 Å². The summed E-state index contributed by atoms with van der Waals surface area (Å²) in [6, 6.07) is 5.17. The van der Waals surface area contributed by atoms with Crippen molar-refractivity contribution in [2.45, 2.75) is 6.92 Å². The molecule has 2 rings (SSSR count). The summed E-state index contributed by atoms with van der Waals surface area (Å²) < 4.78 is 1.49. The molecular weight excluding hydrogens is 285 g/mol. The molecule has 0 unspecified atom stereocenters. The molecule has 2 aromatic rings. The Morgan fingerprint density at radius 3 is 2.37 bits per heavy atom. The number of hydrogen-bond acceptors (Lipinski definition) is 2. The van der Waals surface area contributed by atoms with Crippen molar-refractivity contribution < 1.29 is 4.79 Å². The predicted octanol–water partition coefficient (Wildman–Crippen LogP) is 3.19. The monoisotopic (exact) mass is 297 g/mol. The van der Waals surface area contributed by atoms with Gasteiger partial charge in [0, 0.05) is 19.7 Å². The second kappa shape index (κ2) is 5.23. The fraction of sp³-hybridized carbons (Fsp3) is 0.231. The van der Waals surface area contributed by atoms with Gasteiger partial charge in [0.15, 0.2) is 0 Å². The van der Waals surface area contributed by atoms with Gasteiger partial charge < -0.3 is 4.90 Å². The fourth-order valence-electron chi connectivity index (χ4n) is 1.76. The molecule has 1 aromatic carbocycles. The number of aromatic nitrogens is 2. The van der Waals surface area contributed by atoms with Gasteiger partial charge in [0.25, 0.3) is 5.91 Å². The Morgan fingerprint density at radius 2 is 1.84 bits per heavy atom. The van der Waals surface area contributed by atoms with Crippen LogP contribution < -0.4 is 0 Å². The average molecular weight is 298 g/mol. The molecule has 0 aliphatic rings. The number of halogens is 2. The first-order valence-electron chi connectivity index (χ1n) is 5.64. The van der Waals surface area contributed by atoms with Gasteiger partial charge in [-0.05, 0) is 19.1 Å². The maximum absolute atomic E-state index is 12.2. The van der Waals surface area contributed by atoms with Gasteiger partial charge in [-0.3, -0.25) is 4.79 Å². The molecule has 0 atom stereocenters. The largest absolute Gasteiger partial charge is 0.343 e. The van der Waals surface area contributed by atoms with Crippen molar-refractivity contribution in [2.24, 2.45) is 0 Å². The van der Waals surface area contributed by atoms with Crippen LogP contribution in [-0.4, -0.2) is 34.7 Å². The molecule has 0 bridgehead atoms. The third-order valence-electron chi connectivity index (χ3n) is 2.71. The summed E-state index contributed by atoms with van der Waals surface area (Å²) in [4.78, 5) is 13.7. The van der Waals surface area contributed by atoms with Crippen LogP contribution in [0.3, 0.4) is 0 Å². The zero-order chi connectivity index (χ0) is 14.2. The van der Waals surface area contributed by atoms with Gasteiger partial charge in [0.2, 0.25) is 0 Å². The highest BCUT2D eigenvalue weighted by atomic mass is 35.5. The van der Waals surface area contributed by atoms with Crippen molar-refractivity contribution in [3.63, 3.8) is 0 Å². The van der Waals surface area contributed by atoms with Crippen LogP contribution in [0.1, 0.15) is 16.1 Å². The van der Waals surface area contributed by atoms with Crippen LogP contribution in [0, 0.1) is 6.92 Å². The number of para-hydroxylation sites is 1. The molecule has 0 spiro atoms. The van der Waals surface area contributed by atoms with E-state index in [-0.39, 0.29) is 5.91 Å². The third-order valence-corrected chi connectivity index (χ3v) is 3.32. The molecule has 0 N–H and O–H groups in total. The normalized spacial score (nSPS) is 10.6. The maximum Gasteiger partial charge on any atom is 0.272 e. The number of benzene rings is 1. The van der Waals surface area contributed by atoms with E-state index in [1.807, 2.05) is 6.92 Å². The Bertz CT molecular complexity index is 615. The Balaban J connectivity index is 2.68. The van der Waals surface area contributed by atoms with Crippen molar-refractivity contribution in [2.75, 3.05) is 14.1 Å². The van der Waals surface area contributed by atoms with E-state index in [1.54, 1.807) is 38.5 Å². The minimum atomic E-state index is -0.147. The summed E-state index contributed by atoms with van der Waals surface area (Å²) in [6.45, 7) is 1.82. The average Bonchev–Trinajstić information content (AvgIpc) is 2.70. The number of carbonyl (C=O) groups is 1. The Morgan fingerprint density at radius 1 is 1.26 bits per heavy atom. The van der Waals surface area contributed by atoms with Crippen molar-refractivity contribution in [3.05, 3.63) is 45.7 Å². The zero-order valence-corrected chi connectivity index (χ0v) is 12.3. The van der Waals surface area contributed by atoms with Gasteiger partial charge in [-0.1, -0.05) is 29.3 Å². The topological polar surface area (TPSA) is 38.1 Å². The van der Waals surface area contributed by atoms with Gasteiger partial charge in [-0.2, -0.15) is 5.10 Å². The van der Waals surface area contributed by atoms with E-state index in [0.717, 1.165) is 5.56 Å². The second-order valence-electron chi connectivity index (χ2n) is 4.36. The first kappa shape index (κ1) is 13.9. The molecule has 19 heavy (non-hydrogen) atoms. The third kappa shape index (κ3) is 2.46. The number of aryl methyl sites for hydroxylation is 1. The molecule has 1 heterocycles. The highest BCUT2D eigenvalue weighted by Gasteiger charge is 2.21. The van der Waals surface area contributed by atoms with Gasteiger partial charge in [-0.15, -0.1) is 0 Å². The molecule has 1 amide bonds. The van der Waals surface area contributed by atoms with E-state index < -0.39 is 0 Å². The van der Waals surface area contributed by atoms with Crippen molar-refractivity contribution in [3.8, 4) is 5.69 Å². The van der Waals surface area contributed by atoms with E-state index in [4.69, 9.17) is 23.2 Å². The summed E-state index contributed by atoms with van der Waals surface area (Å²) in [5.74, 6) is -0.147. The molecule has 0 fully saturated rings. The molecule has 0 radical (unpaired) electrons. The molecule has 100 valence electrons. The summed E-state index contributed by atoms with van der Waals surface area (Å²) >= 11 is 12.3. The molecule has 6 heteroatoms. The number of hydrogen-bond donors (Lipinski definition) is 0. The van der Waals surface area contributed by atoms with E-state index in [9.17, 15) is 4.79 Å². The van der Waals surface area contributed by atoms with Crippen molar-refractivity contribution >= 4 is 29.1 Å². The number of nitrogens with zero attached hydrogens (tertiary/aromatic N) is 3. The zero-order valence-electron chi connectivity index (χ0n) is 10.8. The van der Waals surface area contributed by atoms with Gasteiger partial charge in [0.1, 0.15) is 11.4 Å². The molecule has 0 aliphatic heterocycles. The minimum absolute atomic E-state index is 0.147. The molecule has 4 nitrogen and oxygen atoms in total. The lowest BCUT2D eigenvalue weighted by Crippen LogP contribution is -2.25. The summed E-state index contributed by atoms with van der Waals surface area (Å²) in [5, 5.41) is 5.11. The lowest BCUT2D eigenvalue weighted by molar-refractivity contribution is 0.0818. The first-order chi connectivity index (χ1) is 8.93. The van der Waals surface area contributed by atoms with Gasteiger partial charge in [0.05, 0.1) is 16.2 Å². The number of carbonyl (C=O) groups excluding carboxylic acids is 1. The summed E-state index contributed by atoms with van der Waals surface area (Å²) in [5.41, 5.74) is 1.75. The second-order valence-corrected chi connectivity index (χ2v) is 5.17. The van der Waals surface area contributed by atoms with E-state index in [0.29, 0.717) is 21.4 Å². The molecule has 0 saturated heterocycles. The summed E-state index contributed by atoms with van der Waals surface area (Å²) in [6.07, 6.45) is 1.62.